The Balaban J connectivity index is 2.20. The molecule has 1 fully saturated rings. The van der Waals surface area contributed by atoms with Gasteiger partial charge in [-0.3, -0.25) is 9.59 Å². The van der Waals surface area contributed by atoms with Gasteiger partial charge in [-0.25, -0.2) is 0 Å². The van der Waals surface area contributed by atoms with Crippen molar-refractivity contribution >= 4 is 17.4 Å². The minimum absolute atomic E-state index is 0.0468. The molecule has 0 aromatic heterocycles. The lowest BCUT2D eigenvalue weighted by atomic mass is 9.94. The number of carbonyl (C=O) groups excluding carboxylic acids is 2. The fourth-order valence-electron chi connectivity index (χ4n) is 3.84. The lowest BCUT2D eigenvalue weighted by molar-refractivity contribution is -0.139. The molecular weight excluding hydrogens is 382 g/mol. The molecule has 0 saturated carbocycles. The van der Waals surface area contributed by atoms with Gasteiger partial charge in [0.2, 0.25) is 0 Å². The van der Waals surface area contributed by atoms with Crippen LogP contribution in [0.1, 0.15) is 43.4 Å². The second kappa shape index (κ2) is 9.48. The number of carbonyl (C=O) groups is 2. The van der Waals surface area contributed by atoms with E-state index in [1.54, 1.807) is 37.4 Å². The van der Waals surface area contributed by atoms with Crippen molar-refractivity contribution in [2.75, 3.05) is 20.8 Å². The van der Waals surface area contributed by atoms with Gasteiger partial charge < -0.3 is 19.5 Å². The normalized spacial score (nSPS) is 18.0. The largest absolute Gasteiger partial charge is 0.507 e. The number of rotatable bonds is 8. The van der Waals surface area contributed by atoms with Crippen LogP contribution < -0.4 is 9.47 Å². The molecular formula is C24H27NO5. The number of hydrogen-bond acceptors (Lipinski definition) is 5. The van der Waals surface area contributed by atoms with Gasteiger partial charge in [0.25, 0.3) is 11.7 Å². The van der Waals surface area contributed by atoms with Crippen molar-refractivity contribution in [3.8, 4) is 11.5 Å². The molecule has 6 heteroatoms. The number of aliphatic hydroxyl groups is 1. The quantitative estimate of drug-likeness (QED) is 0.304. The van der Waals surface area contributed by atoms with Crippen LogP contribution in [0.4, 0.5) is 0 Å². The van der Waals surface area contributed by atoms with Gasteiger partial charge in [0.1, 0.15) is 17.3 Å². The summed E-state index contributed by atoms with van der Waals surface area (Å²) in [7, 11) is 3.04. The summed E-state index contributed by atoms with van der Waals surface area (Å²) in [6.45, 7) is 2.50. The Hall–Kier alpha value is -3.28. The van der Waals surface area contributed by atoms with Gasteiger partial charge in [0.05, 0.1) is 31.4 Å². The minimum atomic E-state index is -0.733. The highest BCUT2D eigenvalue weighted by molar-refractivity contribution is 6.46. The smallest absolute Gasteiger partial charge is 0.295 e. The first-order chi connectivity index (χ1) is 14.5. The van der Waals surface area contributed by atoms with Crippen LogP contribution in [0.15, 0.2) is 54.1 Å². The number of ketones is 1. The highest BCUT2D eigenvalue weighted by Gasteiger charge is 2.46. The van der Waals surface area contributed by atoms with Gasteiger partial charge in [-0.05, 0) is 24.6 Å². The van der Waals surface area contributed by atoms with Crippen molar-refractivity contribution in [1.29, 1.82) is 0 Å². The molecule has 3 rings (SSSR count). The number of aliphatic hydroxyl groups excluding tert-OH is 1. The highest BCUT2D eigenvalue weighted by Crippen LogP contribution is 2.43. The molecule has 1 aliphatic rings. The van der Waals surface area contributed by atoms with E-state index in [-0.39, 0.29) is 11.3 Å². The monoisotopic (exact) mass is 409 g/mol. The molecule has 0 bridgehead atoms. The summed E-state index contributed by atoms with van der Waals surface area (Å²) >= 11 is 0. The number of likely N-dealkylation sites (tertiary alicyclic amines) is 1. The number of nitrogens with zero attached hydrogens (tertiary/aromatic N) is 1. The number of ether oxygens (including phenoxy) is 2. The maximum atomic E-state index is 13.1. The lowest BCUT2D eigenvalue weighted by Crippen LogP contribution is -2.30. The van der Waals surface area contributed by atoms with Gasteiger partial charge in [-0.2, -0.15) is 0 Å². The van der Waals surface area contributed by atoms with E-state index in [9.17, 15) is 14.7 Å². The summed E-state index contributed by atoms with van der Waals surface area (Å²) < 4.78 is 10.9. The predicted molar refractivity (Wildman–Crippen MR) is 115 cm³/mol. The van der Waals surface area contributed by atoms with E-state index < -0.39 is 17.7 Å². The van der Waals surface area contributed by atoms with Crippen molar-refractivity contribution < 1.29 is 24.2 Å². The van der Waals surface area contributed by atoms with Crippen LogP contribution in [-0.2, 0) is 9.59 Å². The highest BCUT2D eigenvalue weighted by atomic mass is 16.5. The molecule has 0 radical (unpaired) electrons. The number of para-hydroxylation sites is 2. The summed E-state index contributed by atoms with van der Waals surface area (Å²) in [5, 5.41) is 11.2. The zero-order valence-corrected chi connectivity index (χ0v) is 17.6. The molecule has 158 valence electrons. The molecule has 2 aromatic carbocycles. The van der Waals surface area contributed by atoms with E-state index in [4.69, 9.17) is 9.47 Å². The molecule has 1 unspecified atom stereocenters. The Morgan fingerprint density at radius 1 is 0.967 bits per heavy atom. The first-order valence-corrected chi connectivity index (χ1v) is 10.1. The van der Waals surface area contributed by atoms with Crippen LogP contribution in [0.5, 0.6) is 11.5 Å². The molecule has 1 aliphatic heterocycles. The van der Waals surface area contributed by atoms with Crippen molar-refractivity contribution in [2.45, 2.75) is 32.2 Å². The van der Waals surface area contributed by atoms with E-state index in [1.807, 2.05) is 18.2 Å². The Labute approximate surface area is 176 Å². The number of methoxy groups -OCH3 is 2. The average Bonchev–Trinajstić information content (AvgIpc) is 3.03. The number of benzene rings is 2. The molecule has 0 spiro atoms. The van der Waals surface area contributed by atoms with E-state index in [1.165, 1.54) is 12.0 Å². The van der Waals surface area contributed by atoms with Crippen LogP contribution in [0.25, 0.3) is 5.76 Å². The molecule has 1 atom stereocenters. The third kappa shape index (κ3) is 3.90. The third-order valence-corrected chi connectivity index (χ3v) is 5.34. The summed E-state index contributed by atoms with van der Waals surface area (Å²) in [5.74, 6) is -0.592. The summed E-state index contributed by atoms with van der Waals surface area (Å²) in [6, 6.07) is 13.4. The number of amides is 1. The van der Waals surface area contributed by atoms with Gasteiger partial charge in [0.15, 0.2) is 0 Å². The van der Waals surface area contributed by atoms with E-state index in [0.29, 0.717) is 29.2 Å². The molecule has 0 aliphatic carbocycles. The van der Waals surface area contributed by atoms with Gasteiger partial charge in [-0.15, -0.1) is 0 Å². The minimum Gasteiger partial charge on any atom is -0.507 e. The molecule has 1 heterocycles. The Morgan fingerprint density at radius 3 is 2.27 bits per heavy atom. The molecule has 2 aromatic rings. The van der Waals surface area contributed by atoms with Crippen molar-refractivity contribution in [3.05, 3.63) is 65.2 Å². The fraction of sp³-hybridized carbons (Fsp3) is 0.333. The van der Waals surface area contributed by atoms with Crippen molar-refractivity contribution in [2.24, 2.45) is 0 Å². The van der Waals surface area contributed by atoms with Gasteiger partial charge in [-0.1, -0.05) is 50.1 Å². The fourth-order valence-corrected chi connectivity index (χ4v) is 3.84. The van der Waals surface area contributed by atoms with Crippen LogP contribution >= 0.6 is 0 Å². The average molecular weight is 409 g/mol. The molecule has 30 heavy (non-hydrogen) atoms. The molecule has 1 N–H and O–H groups in total. The Bertz CT molecular complexity index is 966. The van der Waals surface area contributed by atoms with Crippen LogP contribution in [0, 0.1) is 0 Å². The van der Waals surface area contributed by atoms with E-state index >= 15 is 0 Å². The maximum Gasteiger partial charge on any atom is 0.295 e. The van der Waals surface area contributed by atoms with Crippen LogP contribution in [0.2, 0.25) is 0 Å². The molecule has 1 amide bonds. The SMILES string of the molecule is CCCCCN1C(=O)C(=O)/C(=C(/O)c2ccccc2OC)C1c1ccccc1OC. The topological polar surface area (TPSA) is 76.1 Å². The van der Waals surface area contributed by atoms with Crippen LogP contribution in [0.3, 0.4) is 0 Å². The van der Waals surface area contributed by atoms with Gasteiger partial charge in [0, 0.05) is 12.1 Å². The Kier molecular flexibility index (Phi) is 6.77. The summed E-state index contributed by atoms with van der Waals surface area (Å²) in [4.78, 5) is 27.5. The summed E-state index contributed by atoms with van der Waals surface area (Å²) in [6.07, 6.45) is 2.70. The molecule has 6 nitrogen and oxygen atoms in total. The first-order valence-electron chi connectivity index (χ1n) is 10.1. The number of unbranched alkanes of at least 4 members (excludes halogenated alkanes) is 2. The van der Waals surface area contributed by atoms with Crippen molar-refractivity contribution in [1.82, 2.24) is 4.90 Å². The first kappa shape index (κ1) is 21.4. The Morgan fingerprint density at radius 2 is 1.60 bits per heavy atom. The second-order valence-electron chi connectivity index (χ2n) is 7.14. The third-order valence-electron chi connectivity index (χ3n) is 5.34. The zero-order chi connectivity index (χ0) is 21.7. The van der Waals surface area contributed by atoms with E-state index in [2.05, 4.69) is 6.92 Å². The predicted octanol–water partition coefficient (Wildman–Crippen LogP) is 4.32. The van der Waals surface area contributed by atoms with E-state index in [0.717, 1.165) is 19.3 Å². The van der Waals surface area contributed by atoms with Gasteiger partial charge >= 0.3 is 0 Å². The second-order valence-corrected chi connectivity index (χ2v) is 7.14. The zero-order valence-electron chi connectivity index (χ0n) is 17.6. The lowest BCUT2D eigenvalue weighted by Gasteiger charge is -2.26. The number of Topliss-reactive ketones (excluding diaryl/α,β-unsaturated/α-hetero) is 1. The summed E-state index contributed by atoms with van der Waals surface area (Å²) in [5.41, 5.74) is 1.07. The standard InChI is InChI=1S/C24H27NO5/c1-4-5-10-15-25-21(16-11-6-8-13-18(16)29-2)20(23(27)24(25)28)22(26)17-12-7-9-14-19(17)30-3/h6-9,11-14,21,26H,4-5,10,15H2,1-3H3/b22-20+. The maximum absolute atomic E-state index is 13.1. The number of hydrogen-bond donors (Lipinski definition) is 1. The molecule has 1 saturated heterocycles. The van der Waals surface area contributed by atoms with Crippen molar-refractivity contribution in [3.63, 3.8) is 0 Å². The van der Waals surface area contributed by atoms with Crippen LogP contribution in [-0.4, -0.2) is 42.5 Å².